The molecular formula is C13H13BrFNS. The first-order valence-corrected chi connectivity index (χ1v) is 7.01. The number of aryl methyl sites for hydroxylation is 1. The van der Waals surface area contributed by atoms with Crippen molar-refractivity contribution in [2.45, 2.75) is 19.9 Å². The van der Waals surface area contributed by atoms with Crippen LogP contribution in [0.15, 0.2) is 34.1 Å². The molecule has 0 aliphatic heterocycles. The van der Waals surface area contributed by atoms with E-state index in [1.165, 1.54) is 16.5 Å². The summed E-state index contributed by atoms with van der Waals surface area (Å²) in [6.45, 7) is 4.21. The molecule has 0 saturated heterocycles. The number of rotatable bonds is 3. The summed E-state index contributed by atoms with van der Waals surface area (Å²) in [6.07, 6.45) is 0. The smallest absolute Gasteiger partial charge is 0.137 e. The Labute approximate surface area is 113 Å². The van der Waals surface area contributed by atoms with Crippen LogP contribution >= 0.6 is 27.3 Å². The van der Waals surface area contributed by atoms with Gasteiger partial charge in [-0.2, -0.15) is 0 Å². The van der Waals surface area contributed by atoms with Crippen molar-refractivity contribution in [3.63, 3.8) is 0 Å². The Morgan fingerprint density at radius 2 is 2.12 bits per heavy atom. The van der Waals surface area contributed by atoms with Crippen LogP contribution in [0.25, 0.3) is 0 Å². The molecule has 0 aliphatic rings. The Morgan fingerprint density at radius 3 is 2.71 bits per heavy atom. The van der Waals surface area contributed by atoms with Crippen molar-refractivity contribution in [3.05, 3.63) is 50.4 Å². The van der Waals surface area contributed by atoms with Gasteiger partial charge in [-0.25, -0.2) is 4.39 Å². The number of halogens is 2. The summed E-state index contributed by atoms with van der Waals surface area (Å²) in [5.41, 5.74) is 2.20. The fourth-order valence-electron chi connectivity index (χ4n) is 1.73. The summed E-state index contributed by atoms with van der Waals surface area (Å²) >= 11 is 4.92. The largest absolute Gasteiger partial charge is 0.378 e. The Kier molecular flexibility index (Phi) is 3.84. The van der Waals surface area contributed by atoms with E-state index >= 15 is 0 Å². The van der Waals surface area contributed by atoms with E-state index in [4.69, 9.17) is 0 Å². The molecular weight excluding hydrogens is 301 g/mol. The van der Waals surface area contributed by atoms with Gasteiger partial charge in [0.25, 0.3) is 0 Å². The normalized spacial score (nSPS) is 12.5. The molecule has 1 aromatic heterocycles. The van der Waals surface area contributed by atoms with Gasteiger partial charge in [0.1, 0.15) is 5.82 Å². The Hall–Kier alpha value is -0.870. The lowest BCUT2D eigenvalue weighted by atomic mass is 10.2. The molecule has 1 unspecified atom stereocenters. The van der Waals surface area contributed by atoms with Gasteiger partial charge in [-0.3, -0.25) is 0 Å². The van der Waals surface area contributed by atoms with Crippen LogP contribution < -0.4 is 5.32 Å². The summed E-state index contributed by atoms with van der Waals surface area (Å²) in [4.78, 5) is 1.31. The zero-order chi connectivity index (χ0) is 12.4. The van der Waals surface area contributed by atoms with Gasteiger partial charge in [-0.15, -0.1) is 11.3 Å². The summed E-state index contributed by atoms with van der Waals surface area (Å²) in [6, 6.07) is 7.31. The van der Waals surface area contributed by atoms with Crippen LogP contribution in [0.2, 0.25) is 0 Å². The highest BCUT2D eigenvalue weighted by molar-refractivity contribution is 9.10. The van der Waals surface area contributed by atoms with E-state index in [0.29, 0.717) is 4.47 Å². The number of benzene rings is 1. The predicted octanol–water partition coefficient (Wildman–Crippen LogP) is 5.13. The third kappa shape index (κ3) is 2.87. The lowest BCUT2D eigenvalue weighted by Crippen LogP contribution is -2.06. The van der Waals surface area contributed by atoms with Crippen molar-refractivity contribution in [1.82, 2.24) is 0 Å². The molecule has 17 heavy (non-hydrogen) atoms. The van der Waals surface area contributed by atoms with E-state index in [1.807, 2.05) is 0 Å². The highest BCUT2D eigenvalue weighted by atomic mass is 79.9. The fourth-order valence-corrected chi connectivity index (χ4v) is 3.04. The van der Waals surface area contributed by atoms with Crippen molar-refractivity contribution in [1.29, 1.82) is 0 Å². The molecule has 0 aliphatic carbocycles. The van der Waals surface area contributed by atoms with Crippen LogP contribution in [0, 0.1) is 12.7 Å². The second-order valence-electron chi connectivity index (χ2n) is 3.96. The van der Waals surface area contributed by atoms with Gasteiger partial charge >= 0.3 is 0 Å². The Bertz CT molecular complexity index is 524. The molecule has 4 heteroatoms. The van der Waals surface area contributed by atoms with Crippen molar-refractivity contribution < 1.29 is 4.39 Å². The predicted molar refractivity (Wildman–Crippen MR) is 75.2 cm³/mol. The first-order valence-electron chi connectivity index (χ1n) is 5.33. The van der Waals surface area contributed by atoms with E-state index < -0.39 is 0 Å². The minimum Gasteiger partial charge on any atom is -0.378 e. The topological polar surface area (TPSA) is 12.0 Å². The van der Waals surface area contributed by atoms with E-state index in [9.17, 15) is 4.39 Å². The number of thiophene rings is 1. The average molecular weight is 314 g/mol. The van der Waals surface area contributed by atoms with Crippen molar-refractivity contribution in [2.24, 2.45) is 0 Å². The first-order chi connectivity index (χ1) is 8.08. The minimum atomic E-state index is -0.240. The average Bonchev–Trinajstić information content (AvgIpc) is 2.70. The zero-order valence-electron chi connectivity index (χ0n) is 9.63. The van der Waals surface area contributed by atoms with Gasteiger partial charge in [-0.1, -0.05) is 0 Å². The van der Waals surface area contributed by atoms with E-state index in [0.717, 1.165) is 5.69 Å². The third-order valence-corrected chi connectivity index (χ3v) is 4.41. The highest BCUT2D eigenvalue weighted by Crippen LogP contribution is 2.28. The number of nitrogens with one attached hydrogen (secondary N) is 1. The van der Waals surface area contributed by atoms with Gasteiger partial charge in [0.05, 0.1) is 10.5 Å². The van der Waals surface area contributed by atoms with Crippen LogP contribution in [0.3, 0.4) is 0 Å². The molecule has 1 aromatic carbocycles. The quantitative estimate of drug-likeness (QED) is 0.828. The second-order valence-corrected chi connectivity index (χ2v) is 5.76. The molecule has 0 spiro atoms. The van der Waals surface area contributed by atoms with E-state index in [1.54, 1.807) is 23.5 Å². The Morgan fingerprint density at radius 1 is 1.35 bits per heavy atom. The van der Waals surface area contributed by atoms with Crippen LogP contribution in [0.4, 0.5) is 10.1 Å². The molecule has 1 heterocycles. The van der Waals surface area contributed by atoms with Gasteiger partial charge in [0, 0.05) is 10.6 Å². The summed E-state index contributed by atoms with van der Waals surface area (Å²) in [7, 11) is 0. The second kappa shape index (κ2) is 5.19. The van der Waals surface area contributed by atoms with Crippen molar-refractivity contribution in [3.8, 4) is 0 Å². The van der Waals surface area contributed by atoms with Crippen molar-refractivity contribution in [2.75, 3.05) is 5.32 Å². The highest BCUT2D eigenvalue weighted by Gasteiger charge is 2.10. The van der Waals surface area contributed by atoms with Gasteiger partial charge in [-0.05, 0) is 65.0 Å². The van der Waals surface area contributed by atoms with Gasteiger partial charge in [0.15, 0.2) is 0 Å². The fraction of sp³-hybridized carbons (Fsp3) is 0.231. The molecule has 1 atom stereocenters. The molecule has 90 valence electrons. The maximum atomic E-state index is 13.1. The molecule has 1 nitrogen and oxygen atoms in total. The van der Waals surface area contributed by atoms with E-state index in [-0.39, 0.29) is 11.9 Å². The molecule has 2 rings (SSSR count). The molecule has 0 bridgehead atoms. The summed E-state index contributed by atoms with van der Waals surface area (Å²) in [5, 5.41) is 5.45. The van der Waals surface area contributed by atoms with Gasteiger partial charge in [0.2, 0.25) is 0 Å². The number of hydrogen-bond donors (Lipinski definition) is 1. The van der Waals surface area contributed by atoms with Crippen LogP contribution in [-0.2, 0) is 0 Å². The summed E-state index contributed by atoms with van der Waals surface area (Å²) in [5.74, 6) is -0.240. The molecule has 0 radical (unpaired) electrons. The Balaban J connectivity index is 2.16. The molecule has 2 aromatic rings. The van der Waals surface area contributed by atoms with Crippen LogP contribution in [-0.4, -0.2) is 0 Å². The number of anilines is 1. The molecule has 1 N–H and O–H groups in total. The molecule has 0 fully saturated rings. The summed E-state index contributed by atoms with van der Waals surface area (Å²) < 4.78 is 13.6. The lowest BCUT2D eigenvalue weighted by molar-refractivity contribution is 0.621. The molecule has 0 saturated carbocycles. The van der Waals surface area contributed by atoms with Crippen LogP contribution in [0.5, 0.6) is 0 Å². The number of hydrogen-bond acceptors (Lipinski definition) is 2. The van der Waals surface area contributed by atoms with Crippen LogP contribution in [0.1, 0.15) is 23.4 Å². The van der Waals surface area contributed by atoms with Gasteiger partial charge < -0.3 is 5.32 Å². The van der Waals surface area contributed by atoms with Crippen molar-refractivity contribution >= 4 is 33.0 Å². The lowest BCUT2D eigenvalue weighted by Gasteiger charge is -2.15. The maximum Gasteiger partial charge on any atom is 0.137 e. The zero-order valence-corrected chi connectivity index (χ0v) is 12.0. The molecule has 0 amide bonds. The SMILES string of the molecule is Cc1ccsc1C(C)Nc1ccc(F)c(Br)c1. The standard InChI is InChI=1S/C13H13BrFNS/c1-8-5-6-17-13(8)9(2)16-10-3-4-12(15)11(14)7-10/h3-7,9,16H,1-2H3. The monoisotopic (exact) mass is 313 g/mol. The first kappa shape index (κ1) is 12.6. The van der Waals surface area contributed by atoms with E-state index in [2.05, 4.69) is 46.5 Å². The maximum absolute atomic E-state index is 13.1. The third-order valence-electron chi connectivity index (χ3n) is 2.60. The minimum absolute atomic E-state index is 0.229.